The zero-order valence-electron chi connectivity index (χ0n) is 18.4. The van der Waals surface area contributed by atoms with E-state index in [2.05, 4.69) is 4.98 Å². The lowest BCUT2D eigenvalue weighted by Crippen LogP contribution is -2.31. The second-order valence-electron chi connectivity index (χ2n) is 7.55. The predicted octanol–water partition coefficient (Wildman–Crippen LogP) is 2.51. The highest BCUT2D eigenvalue weighted by atomic mass is 16.5. The van der Waals surface area contributed by atoms with Gasteiger partial charge in [0.15, 0.2) is 12.4 Å². The lowest BCUT2D eigenvalue weighted by molar-refractivity contribution is 0.0473. The highest BCUT2D eigenvalue weighted by Crippen LogP contribution is 2.25. The first-order valence-electron chi connectivity index (χ1n) is 10.1. The van der Waals surface area contributed by atoms with Gasteiger partial charge in [0, 0.05) is 31.5 Å². The molecule has 168 valence electrons. The van der Waals surface area contributed by atoms with Gasteiger partial charge in [0.05, 0.1) is 22.4 Å². The first kappa shape index (κ1) is 23.1. The number of Topliss-reactive ketones (excluding diaryl/α,β-unsaturated/α-hetero) is 2. The Morgan fingerprint density at radius 1 is 1.06 bits per heavy atom. The summed E-state index contributed by atoms with van der Waals surface area (Å²) in [5.74, 6) is -2.35. The molecular formula is C23H24N2O7. The molecule has 1 N–H and O–H groups in total. The predicted molar refractivity (Wildman–Crippen MR) is 113 cm³/mol. The Bertz CT molecular complexity index is 1130. The zero-order chi connectivity index (χ0) is 23.6. The van der Waals surface area contributed by atoms with E-state index in [-0.39, 0.29) is 34.7 Å². The molecule has 32 heavy (non-hydrogen) atoms. The van der Waals surface area contributed by atoms with Crippen molar-refractivity contribution < 1.29 is 33.4 Å². The average Bonchev–Trinajstić information content (AvgIpc) is 3.19. The van der Waals surface area contributed by atoms with Gasteiger partial charge in [-0.2, -0.15) is 0 Å². The molecule has 0 aliphatic carbocycles. The number of hydrogen-bond donors (Lipinski definition) is 1. The number of ketones is 2. The summed E-state index contributed by atoms with van der Waals surface area (Å²) in [6, 6.07) is 4.09. The number of carbonyl (C=O) groups is 5. The maximum absolute atomic E-state index is 12.6. The Hall–Kier alpha value is -3.59. The van der Waals surface area contributed by atoms with Crippen LogP contribution in [0, 0.1) is 13.8 Å². The molecule has 9 nitrogen and oxygen atoms in total. The first-order valence-corrected chi connectivity index (χ1v) is 10.1. The fourth-order valence-corrected chi connectivity index (χ4v) is 3.83. The third kappa shape index (κ3) is 4.24. The van der Waals surface area contributed by atoms with E-state index in [4.69, 9.17) is 9.47 Å². The highest BCUT2D eigenvalue weighted by Gasteiger charge is 2.35. The van der Waals surface area contributed by atoms with Crippen LogP contribution in [0.3, 0.4) is 0 Å². The van der Waals surface area contributed by atoms with E-state index in [1.807, 2.05) is 0 Å². The van der Waals surface area contributed by atoms with Crippen molar-refractivity contribution in [1.29, 1.82) is 0 Å². The van der Waals surface area contributed by atoms with Gasteiger partial charge in [-0.15, -0.1) is 0 Å². The summed E-state index contributed by atoms with van der Waals surface area (Å²) in [5.41, 5.74) is 2.12. The molecule has 1 aromatic heterocycles. The molecule has 0 unspecified atom stereocenters. The topological polar surface area (TPSA) is 123 Å². The molecule has 3 rings (SSSR count). The summed E-state index contributed by atoms with van der Waals surface area (Å²) in [4.78, 5) is 65.7. The van der Waals surface area contributed by atoms with Crippen molar-refractivity contribution in [1.82, 2.24) is 9.88 Å². The standard InChI is InChI=1S/C23H24N2O7/c1-12-19(14(3)26)13(2)24-20(12)18(27)11-32-23(30)15-6-7-16-17(10-15)22(29)25(21(16)28)8-5-9-31-4/h6-7,10,24H,5,8-9,11H2,1-4H3. The molecular weight excluding hydrogens is 416 g/mol. The number of carbonyl (C=O) groups excluding carboxylic acids is 5. The third-order valence-electron chi connectivity index (χ3n) is 5.34. The van der Waals surface area contributed by atoms with Crippen molar-refractivity contribution in [3.05, 3.63) is 57.4 Å². The number of ether oxygens (including phenoxy) is 2. The van der Waals surface area contributed by atoms with Gasteiger partial charge in [0.25, 0.3) is 11.8 Å². The van der Waals surface area contributed by atoms with Gasteiger partial charge in [-0.05, 0) is 51.0 Å². The Kier molecular flexibility index (Phi) is 6.69. The Morgan fingerprint density at radius 3 is 2.38 bits per heavy atom. The van der Waals surface area contributed by atoms with E-state index >= 15 is 0 Å². The van der Waals surface area contributed by atoms with Crippen molar-refractivity contribution in [2.45, 2.75) is 27.2 Å². The van der Waals surface area contributed by atoms with Crippen molar-refractivity contribution >= 4 is 29.4 Å². The molecule has 0 bridgehead atoms. The number of nitrogens with one attached hydrogen (secondary N) is 1. The van der Waals surface area contributed by atoms with E-state index in [1.165, 1.54) is 32.2 Å². The molecule has 0 fully saturated rings. The summed E-state index contributed by atoms with van der Waals surface area (Å²) in [6.45, 7) is 4.84. The summed E-state index contributed by atoms with van der Waals surface area (Å²) in [7, 11) is 1.53. The van der Waals surface area contributed by atoms with Gasteiger partial charge in [0.1, 0.15) is 0 Å². The number of hydrogen-bond acceptors (Lipinski definition) is 7. The van der Waals surface area contributed by atoms with Crippen molar-refractivity contribution in [3.8, 4) is 0 Å². The van der Waals surface area contributed by atoms with Gasteiger partial charge < -0.3 is 14.5 Å². The van der Waals surface area contributed by atoms with E-state index in [1.54, 1.807) is 13.8 Å². The summed E-state index contributed by atoms with van der Waals surface area (Å²) in [6.07, 6.45) is 0.502. The molecule has 1 aromatic carbocycles. The molecule has 0 saturated carbocycles. The fraction of sp³-hybridized carbons (Fsp3) is 0.348. The third-order valence-corrected chi connectivity index (χ3v) is 5.34. The molecule has 0 spiro atoms. The second kappa shape index (κ2) is 9.27. The maximum atomic E-state index is 12.6. The minimum absolute atomic E-state index is 0.0558. The van der Waals surface area contributed by atoms with Crippen LogP contribution in [-0.4, -0.2) is 66.1 Å². The lowest BCUT2D eigenvalue weighted by atomic mass is 10.1. The van der Waals surface area contributed by atoms with Crippen molar-refractivity contribution in [2.75, 3.05) is 26.9 Å². The molecule has 0 radical (unpaired) electrons. The van der Waals surface area contributed by atoms with Crippen molar-refractivity contribution in [3.63, 3.8) is 0 Å². The van der Waals surface area contributed by atoms with Crippen LogP contribution in [0.1, 0.15) is 76.5 Å². The average molecular weight is 440 g/mol. The van der Waals surface area contributed by atoms with Crippen LogP contribution in [0.2, 0.25) is 0 Å². The van der Waals surface area contributed by atoms with Crippen LogP contribution in [-0.2, 0) is 9.47 Å². The largest absolute Gasteiger partial charge is 0.454 e. The van der Waals surface area contributed by atoms with E-state index in [0.29, 0.717) is 29.8 Å². The summed E-state index contributed by atoms with van der Waals surface area (Å²) >= 11 is 0. The lowest BCUT2D eigenvalue weighted by Gasteiger charge is -2.12. The summed E-state index contributed by atoms with van der Waals surface area (Å²) < 4.78 is 10.1. The van der Waals surface area contributed by atoms with Crippen LogP contribution in [0.15, 0.2) is 18.2 Å². The molecule has 0 saturated heterocycles. The molecule has 0 atom stereocenters. The highest BCUT2D eigenvalue weighted by molar-refractivity contribution is 6.22. The number of aromatic nitrogens is 1. The molecule has 1 aliphatic heterocycles. The van der Waals surface area contributed by atoms with Crippen LogP contribution < -0.4 is 0 Å². The zero-order valence-corrected chi connectivity index (χ0v) is 18.4. The van der Waals surface area contributed by atoms with Crippen molar-refractivity contribution in [2.24, 2.45) is 0 Å². The number of H-pyrrole nitrogens is 1. The Balaban J connectivity index is 1.70. The fourth-order valence-electron chi connectivity index (χ4n) is 3.83. The number of nitrogens with zero attached hydrogens (tertiary/aromatic N) is 1. The number of amides is 2. The van der Waals surface area contributed by atoms with Crippen LogP contribution in [0.5, 0.6) is 0 Å². The number of aryl methyl sites for hydroxylation is 1. The van der Waals surface area contributed by atoms with Gasteiger partial charge in [-0.3, -0.25) is 24.1 Å². The number of esters is 1. The quantitative estimate of drug-likeness (QED) is 0.275. The Morgan fingerprint density at radius 2 is 1.75 bits per heavy atom. The SMILES string of the molecule is COCCCN1C(=O)c2ccc(C(=O)OCC(=O)c3[nH]c(C)c(C(C)=O)c3C)cc2C1=O. The first-order chi connectivity index (χ1) is 15.2. The van der Waals surface area contributed by atoms with Crippen LogP contribution in [0.4, 0.5) is 0 Å². The number of rotatable bonds is 9. The van der Waals surface area contributed by atoms with Gasteiger partial charge >= 0.3 is 5.97 Å². The normalized spacial score (nSPS) is 12.8. The number of imide groups is 1. The number of benzene rings is 1. The molecule has 1 aliphatic rings. The van der Waals surface area contributed by atoms with Gasteiger partial charge in [-0.1, -0.05) is 0 Å². The molecule has 9 heteroatoms. The molecule has 2 amide bonds. The van der Waals surface area contributed by atoms with E-state index in [9.17, 15) is 24.0 Å². The smallest absolute Gasteiger partial charge is 0.338 e. The van der Waals surface area contributed by atoms with Gasteiger partial charge in [-0.25, -0.2) is 4.79 Å². The van der Waals surface area contributed by atoms with E-state index in [0.717, 1.165) is 4.90 Å². The van der Waals surface area contributed by atoms with Crippen LogP contribution >= 0.6 is 0 Å². The maximum Gasteiger partial charge on any atom is 0.338 e. The van der Waals surface area contributed by atoms with E-state index < -0.39 is 30.2 Å². The number of fused-ring (bicyclic) bond motifs is 1. The minimum Gasteiger partial charge on any atom is -0.454 e. The number of aromatic amines is 1. The molecule has 2 heterocycles. The van der Waals surface area contributed by atoms with Crippen LogP contribution in [0.25, 0.3) is 0 Å². The molecule has 2 aromatic rings. The second-order valence-corrected chi connectivity index (χ2v) is 7.55. The van der Waals surface area contributed by atoms with Gasteiger partial charge in [0.2, 0.25) is 5.78 Å². The minimum atomic E-state index is -0.799. The monoisotopic (exact) mass is 440 g/mol. The summed E-state index contributed by atoms with van der Waals surface area (Å²) in [5, 5.41) is 0. The number of methoxy groups -OCH3 is 1. The Labute approximate surface area is 184 Å².